The van der Waals surface area contributed by atoms with Gasteiger partial charge in [0.2, 0.25) is 12.3 Å². The molecule has 0 radical (unpaired) electrons. The average Bonchev–Trinajstić information content (AvgIpc) is 3.03. The van der Waals surface area contributed by atoms with Gasteiger partial charge in [0.25, 0.3) is 0 Å². The van der Waals surface area contributed by atoms with Crippen molar-refractivity contribution < 1.29 is 4.42 Å². The summed E-state index contributed by atoms with van der Waals surface area (Å²) in [6.07, 6.45) is 1.33. The molecule has 0 unspecified atom stereocenters. The van der Waals surface area contributed by atoms with Crippen LogP contribution in [0.15, 0.2) is 57.7 Å². The van der Waals surface area contributed by atoms with E-state index in [0.29, 0.717) is 5.89 Å². The lowest BCUT2D eigenvalue weighted by Gasteiger charge is -2.09. The number of nitrogens with zero attached hydrogens (tertiary/aromatic N) is 2. The van der Waals surface area contributed by atoms with Gasteiger partial charge in [0.05, 0.1) is 0 Å². The maximum atomic E-state index is 5.21. The van der Waals surface area contributed by atoms with Gasteiger partial charge in [-0.2, -0.15) is 0 Å². The van der Waals surface area contributed by atoms with E-state index in [2.05, 4.69) is 56.6 Å². The Hall–Kier alpha value is -2.14. The van der Waals surface area contributed by atoms with Crippen LogP contribution in [0, 0.1) is 6.92 Å². The predicted molar refractivity (Wildman–Crippen MR) is 85.9 cm³/mol. The van der Waals surface area contributed by atoms with E-state index in [4.69, 9.17) is 4.42 Å². The van der Waals surface area contributed by atoms with Crippen LogP contribution in [-0.4, -0.2) is 10.2 Å². The van der Waals surface area contributed by atoms with Crippen molar-refractivity contribution in [3.63, 3.8) is 0 Å². The number of hydrogen-bond donors (Lipinski definition) is 1. The third kappa shape index (κ3) is 3.31. The summed E-state index contributed by atoms with van der Waals surface area (Å²) in [6, 6.07) is 14.3. The standard InChI is InChI=1S/C16H14BrN3O/c1-11-7-12(5-6-15(11)17)9-18-14-4-2-3-13(8-14)16-20-19-10-21-16/h2-8,10,18H,9H2,1H3. The van der Waals surface area contributed by atoms with Crippen LogP contribution in [0.5, 0.6) is 0 Å². The molecule has 0 atom stereocenters. The number of anilines is 1. The molecule has 0 saturated carbocycles. The lowest BCUT2D eigenvalue weighted by Crippen LogP contribution is -1.99. The lowest BCUT2D eigenvalue weighted by atomic mass is 10.1. The Balaban J connectivity index is 1.73. The fourth-order valence-electron chi connectivity index (χ4n) is 2.08. The fraction of sp³-hybridized carbons (Fsp3) is 0.125. The molecule has 4 nitrogen and oxygen atoms in total. The first-order chi connectivity index (χ1) is 10.2. The highest BCUT2D eigenvalue weighted by Gasteiger charge is 2.04. The molecule has 2 aromatic carbocycles. The predicted octanol–water partition coefficient (Wildman–Crippen LogP) is 4.42. The number of benzene rings is 2. The highest BCUT2D eigenvalue weighted by atomic mass is 79.9. The van der Waals surface area contributed by atoms with Crippen LogP contribution in [0.25, 0.3) is 11.5 Å². The molecule has 5 heteroatoms. The van der Waals surface area contributed by atoms with Crippen LogP contribution < -0.4 is 5.32 Å². The van der Waals surface area contributed by atoms with Crippen molar-refractivity contribution >= 4 is 21.6 Å². The Labute approximate surface area is 131 Å². The summed E-state index contributed by atoms with van der Waals surface area (Å²) >= 11 is 3.51. The van der Waals surface area contributed by atoms with Gasteiger partial charge < -0.3 is 9.73 Å². The summed E-state index contributed by atoms with van der Waals surface area (Å²) in [6.45, 7) is 2.85. The number of rotatable bonds is 4. The molecule has 0 aliphatic rings. The van der Waals surface area contributed by atoms with Gasteiger partial charge in [0.1, 0.15) is 0 Å². The normalized spacial score (nSPS) is 10.6. The lowest BCUT2D eigenvalue weighted by molar-refractivity contribution is 0.568. The Morgan fingerprint density at radius 1 is 1.19 bits per heavy atom. The van der Waals surface area contributed by atoms with Gasteiger partial charge >= 0.3 is 0 Å². The summed E-state index contributed by atoms with van der Waals surface area (Å²) in [4.78, 5) is 0. The minimum atomic E-state index is 0.526. The molecule has 0 fully saturated rings. The Morgan fingerprint density at radius 3 is 2.86 bits per heavy atom. The number of aromatic nitrogens is 2. The van der Waals surface area contributed by atoms with Crippen LogP contribution in [0.4, 0.5) is 5.69 Å². The summed E-state index contributed by atoms with van der Waals surface area (Å²) in [5.74, 6) is 0.526. The van der Waals surface area contributed by atoms with E-state index in [-0.39, 0.29) is 0 Å². The molecule has 3 rings (SSSR count). The fourth-order valence-corrected chi connectivity index (χ4v) is 2.33. The third-order valence-corrected chi connectivity index (χ3v) is 4.08. The molecule has 1 aromatic heterocycles. The number of halogens is 1. The minimum Gasteiger partial charge on any atom is -0.423 e. The number of hydrogen-bond acceptors (Lipinski definition) is 4. The van der Waals surface area contributed by atoms with Crippen molar-refractivity contribution in [1.29, 1.82) is 0 Å². The van der Waals surface area contributed by atoms with Crippen LogP contribution in [-0.2, 0) is 6.54 Å². The average molecular weight is 344 g/mol. The maximum Gasteiger partial charge on any atom is 0.247 e. The summed E-state index contributed by atoms with van der Waals surface area (Å²) in [7, 11) is 0. The number of nitrogens with one attached hydrogen (secondary N) is 1. The van der Waals surface area contributed by atoms with E-state index in [1.807, 2.05) is 24.3 Å². The van der Waals surface area contributed by atoms with E-state index in [1.165, 1.54) is 17.5 Å². The van der Waals surface area contributed by atoms with Crippen LogP contribution in [0.3, 0.4) is 0 Å². The SMILES string of the molecule is Cc1cc(CNc2cccc(-c3nnco3)c2)ccc1Br. The molecule has 106 valence electrons. The molecule has 0 amide bonds. The van der Waals surface area contributed by atoms with Gasteiger partial charge in [-0.25, -0.2) is 0 Å². The van der Waals surface area contributed by atoms with E-state index < -0.39 is 0 Å². The second-order valence-corrected chi connectivity index (χ2v) is 5.62. The van der Waals surface area contributed by atoms with E-state index in [1.54, 1.807) is 0 Å². The Kier molecular flexibility index (Phi) is 4.01. The van der Waals surface area contributed by atoms with E-state index in [9.17, 15) is 0 Å². The largest absolute Gasteiger partial charge is 0.423 e. The highest BCUT2D eigenvalue weighted by Crippen LogP contribution is 2.21. The first-order valence-corrected chi connectivity index (χ1v) is 7.37. The van der Waals surface area contributed by atoms with Gasteiger partial charge in [-0.3, -0.25) is 0 Å². The van der Waals surface area contributed by atoms with Crippen molar-refractivity contribution in [2.24, 2.45) is 0 Å². The van der Waals surface area contributed by atoms with Crippen LogP contribution in [0.2, 0.25) is 0 Å². The highest BCUT2D eigenvalue weighted by molar-refractivity contribution is 9.10. The summed E-state index contributed by atoms with van der Waals surface area (Å²) < 4.78 is 6.34. The second kappa shape index (κ2) is 6.10. The zero-order valence-electron chi connectivity index (χ0n) is 11.5. The minimum absolute atomic E-state index is 0.526. The quantitative estimate of drug-likeness (QED) is 0.761. The molecule has 1 heterocycles. The van der Waals surface area contributed by atoms with E-state index >= 15 is 0 Å². The van der Waals surface area contributed by atoms with Crippen LogP contribution in [0.1, 0.15) is 11.1 Å². The maximum absolute atomic E-state index is 5.21. The zero-order chi connectivity index (χ0) is 14.7. The molecule has 1 N–H and O–H groups in total. The molecule has 0 aliphatic carbocycles. The van der Waals surface area contributed by atoms with Gasteiger partial charge in [-0.15, -0.1) is 10.2 Å². The Bertz CT molecular complexity index is 741. The van der Waals surface area contributed by atoms with Gasteiger partial charge in [-0.05, 0) is 42.3 Å². The van der Waals surface area contributed by atoms with Crippen molar-refractivity contribution in [2.75, 3.05) is 5.32 Å². The van der Waals surface area contributed by atoms with E-state index in [0.717, 1.165) is 22.3 Å². The topological polar surface area (TPSA) is 51.0 Å². The molecule has 0 spiro atoms. The molecular weight excluding hydrogens is 330 g/mol. The molecule has 0 aliphatic heterocycles. The monoisotopic (exact) mass is 343 g/mol. The zero-order valence-corrected chi connectivity index (χ0v) is 13.1. The van der Waals surface area contributed by atoms with Crippen LogP contribution >= 0.6 is 15.9 Å². The van der Waals surface area contributed by atoms with Crippen molar-refractivity contribution in [2.45, 2.75) is 13.5 Å². The summed E-state index contributed by atoms with van der Waals surface area (Å²) in [5, 5.41) is 11.0. The van der Waals surface area contributed by atoms with Crippen molar-refractivity contribution in [1.82, 2.24) is 10.2 Å². The van der Waals surface area contributed by atoms with Gasteiger partial charge in [0.15, 0.2) is 0 Å². The van der Waals surface area contributed by atoms with Gasteiger partial charge in [-0.1, -0.05) is 34.1 Å². The van der Waals surface area contributed by atoms with Crippen molar-refractivity contribution in [3.8, 4) is 11.5 Å². The molecule has 3 aromatic rings. The molecule has 21 heavy (non-hydrogen) atoms. The smallest absolute Gasteiger partial charge is 0.247 e. The second-order valence-electron chi connectivity index (χ2n) is 4.76. The first-order valence-electron chi connectivity index (χ1n) is 6.58. The molecule has 0 saturated heterocycles. The summed E-state index contributed by atoms with van der Waals surface area (Å²) in [5.41, 5.74) is 4.39. The Morgan fingerprint density at radius 2 is 2.10 bits per heavy atom. The molecule has 0 bridgehead atoms. The van der Waals surface area contributed by atoms with Gasteiger partial charge in [0, 0.05) is 22.3 Å². The van der Waals surface area contributed by atoms with Crippen molar-refractivity contribution in [3.05, 3.63) is 64.5 Å². The third-order valence-electron chi connectivity index (χ3n) is 3.19. The molecular formula is C16H14BrN3O. The number of aryl methyl sites for hydroxylation is 1. The first kappa shape index (κ1) is 13.8.